The first kappa shape index (κ1) is 74.8. The minimum atomic E-state index is -0.798. The lowest BCUT2D eigenvalue weighted by molar-refractivity contribution is -0.167. The Hall–Kier alpha value is -5.23. The maximum Gasteiger partial charge on any atom is 0.306 e. The van der Waals surface area contributed by atoms with E-state index in [1.54, 1.807) is 0 Å². The van der Waals surface area contributed by atoms with E-state index in [2.05, 4.69) is 191 Å². The third kappa shape index (κ3) is 63.6. The van der Waals surface area contributed by atoms with Crippen molar-refractivity contribution in [3.8, 4) is 0 Å². The molecule has 0 spiro atoms. The van der Waals surface area contributed by atoms with Crippen LogP contribution in [0.2, 0.25) is 0 Å². The van der Waals surface area contributed by atoms with Gasteiger partial charge in [-0.1, -0.05) is 274 Å². The summed E-state index contributed by atoms with van der Waals surface area (Å²) >= 11 is 0. The van der Waals surface area contributed by atoms with Gasteiger partial charge >= 0.3 is 17.9 Å². The number of unbranched alkanes of at least 4 members (excludes halogenated alkanes) is 17. The Labute approximate surface area is 492 Å². The second kappa shape index (κ2) is 66.3. The summed E-state index contributed by atoms with van der Waals surface area (Å²) < 4.78 is 16.8. The van der Waals surface area contributed by atoms with Crippen molar-refractivity contribution in [2.24, 2.45) is 0 Å². The van der Waals surface area contributed by atoms with Gasteiger partial charge in [-0.2, -0.15) is 0 Å². The highest BCUT2D eigenvalue weighted by atomic mass is 16.6. The monoisotopic (exact) mass is 1100 g/mol. The van der Waals surface area contributed by atoms with Crippen molar-refractivity contribution in [3.63, 3.8) is 0 Å². The van der Waals surface area contributed by atoms with E-state index in [0.29, 0.717) is 19.3 Å². The average Bonchev–Trinajstić information content (AvgIpc) is 3.46. The number of ether oxygens (including phenoxy) is 3. The largest absolute Gasteiger partial charge is 0.462 e. The minimum absolute atomic E-state index is 0.0955. The van der Waals surface area contributed by atoms with Gasteiger partial charge in [0, 0.05) is 19.3 Å². The van der Waals surface area contributed by atoms with Crippen LogP contribution in [0.5, 0.6) is 0 Å². The molecule has 0 amide bonds. The van der Waals surface area contributed by atoms with E-state index in [1.807, 2.05) is 0 Å². The first-order valence-electron chi connectivity index (χ1n) is 32.1. The maximum atomic E-state index is 12.8. The molecule has 0 aromatic rings. The maximum absolute atomic E-state index is 12.8. The van der Waals surface area contributed by atoms with Crippen molar-refractivity contribution in [3.05, 3.63) is 170 Å². The van der Waals surface area contributed by atoms with Crippen LogP contribution in [-0.4, -0.2) is 37.2 Å². The smallest absolute Gasteiger partial charge is 0.306 e. The molecule has 0 aromatic carbocycles. The Morgan fingerprint density at radius 1 is 0.263 bits per heavy atom. The number of rotatable bonds is 56. The molecule has 0 fully saturated rings. The molecule has 0 aliphatic heterocycles. The summed E-state index contributed by atoms with van der Waals surface area (Å²) in [6.07, 6.45) is 98.2. The molecule has 6 nitrogen and oxygen atoms in total. The molecule has 0 aliphatic rings. The second-order valence-electron chi connectivity index (χ2n) is 20.6. The van der Waals surface area contributed by atoms with Crippen molar-refractivity contribution in [1.29, 1.82) is 0 Å². The average molecular weight is 1100 g/mol. The first-order valence-corrected chi connectivity index (χ1v) is 32.1. The SMILES string of the molecule is CC/C=C\C/C=C\C/C=C\C/C=C\C/C=C\C/C=C\C/C=C\C/C=C\C/C=C\CCCCCCCC(=O)OCC(COC(=O)CCCCCCCC)OC(=O)CCCCCCCCC/C=C\C/C=C\C/C=C\C/C=C\C/C=C\CC. The fourth-order valence-corrected chi connectivity index (χ4v) is 8.23. The number of esters is 3. The quantitative estimate of drug-likeness (QED) is 0.0261. The topological polar surface area (TPSA) is 78.9 Å². The predicted octanol–water partition coefficient (Wildman–Crippen LogP) is 22.3. The van der Waals surface area contributed by atoms with Gasteiger partial charge in [0.2, 0.25) is 0 Å². The van der Waals surface area contributed by atoms with Crippen LogP contribution in [0, 0.1) is 0 Å². The van der Waals surface area contributed by atoms with E-state index in [1.165, 1.54) is 38.5 Å². The standard InChI is InChI=1S/C74H116O6/c1-4-7-10-13-16-18-20-22-24-26-28-30-32-33-34-35-36-37-38-39-40-41-43-44-46-48-50-52-54-56-58-61-64-67-73(76)79-70-71(69-78-72(75)66-63-60-15-12-9-6-3)80-74(77)68-65-62-59-57-55-53-51-49-47-45-42-31-29-27-25-23-21-19-17-14-11-8-5-2/h7-8,10-11,16-19,22-25,28-31,33-34,36-37,39-40,43-45,47-48,50,71H,4-6,9,12-15,20-21,26-27,32,35,38,41-42,46,49,51-70H2,1-3H3/b10-7-,11-8-,18-16-,19-17-,24-22-,25-23-,30-28-,31-29-,34-33-,37-36-,40-39-,44-43-,47-45-,50-48-. The van der Waals surface area contributed by atoms with Crippen molar-refractivity contribution in [1.82, 2.24) is 0 Å². The number of carbonyl (C=O) groups excluding carboxylic acids is 3. The molecule has 80 heavy (non-hydrogen) atoms. The molecule has 0 rings (SSSR count). The molecule has 0 heterocycles. The molecule has 0 aliphatic carbocycles. The highest BCUT2D eigenvalue weighted by Gasteiger charge is 2.19. The molecular weight excluding hydrogens is 985 g/mol. The van der Waals surface area contributed by atoms with E-state index >= 15 is 0 Å². The summed E-state index contributed by atoms with van der Waals surface area (Å²) in [4.78, 5) is 38.0. The van der Waals surface area contributed by atoms with Gasteiger partial charge in [-0.25, -0.2) is 0 Å². The summed E-state index contributed by atoms with van der Waals surface area (Å²) in [7, 11) is 0. The van der Waals surface area contributed by atoms with Gasteiger partial charge in [0.25, 0.3) is 0 Å². The number of carbonyl (C=O) groups is 3. The fraction of sp³-hybridized carbons (Fsp3) is 0.581. The third-order valence-corrected chi connectivity index (χ3v) is 13.0. The molecule has 448 valence electrons. The lowest BCUT2D eigenvalue weighted by atomic mass is 10.1. The number of allylic oxidation sites excluding steroid dienone is 28. The highest BCUT2D eigenvalue weighted by Crippen LogP contribution is 2.14. The number of hydrogen-bond donors (Lipinski definition) is 0. The molecule has 0 bridgehead atoms. The van der Waals surface area contributed by atoms with Gasteiger partial charge in [0.1, 0.15) is 13.2 Å². The lowest BCUT2D eigenvalue weighted by Gasteiger charge is -2.18. The molecule has 0 saturated heterocycles. The minimum Gasteiger partial charge on any atom is -0.462 e. The second-order valence-corrected chi connectivity index (χ2v) is 20.6. The van der Waals surface area contributed by atoms with E-state index < -0.39 is 6.10 Å². The van der Waals surface area contributed by atoms with E-state index in [0.717, 1.165) is 180 Å². The van der Waals surface area contributed by atoms with Crippen LogP contribution in [0.3, 0.4) is 0 Å². The Bertz CT molecular complexity index is 1840. The van der Waals surface area contributed by atoms with Crippen LogP contribution in [-0.2, 0) is 28.6 Å². The first-order chi connectivity index (χ1) is 39.5. The van der Waals surface area contributed by atoms with Gasteiger partial charge in [-0.05, 0) is 135 Å². The Morgan fingerprint density at radius 3 is 0.762 bits per heavy atom. The van der Waals surface area contributed by atoms with E-state index in [4.69, 9.17) is 14.2 Å². The summed E-state index contributed by atoms with van der Waals surface area (Å²) in [5.41, 5.74) is 0. The van der Waals surface area contributed by atoms with Gasteiger partial charge < -0.3 is 14.2 Å². The predicted molar refractivity (Wildman–Crippen MR) is 348 cm³/mol. The van der Waals surface area contributed by atoms with E-state index in [9.17, 15) is 14.4 Å². The Balaban J connectivity index is 4.21. The molecule has 1 unspecified atom stereocenters. The summed E-state index contributed by atoms with van der Waals surface area (Å²) in [6.45, 7) is 6.31. The van der Waals surface area contributed by atoms with Crippen LogP contribution in [0.1, 0.15) is 258 Å². The summed E-state index contributed by atoms with van der Waals surface area (Å²) in [5.74, 6) is -0.943. The highest BCUT2D eigenvalue weighted by molar-refractivity contribution is 5.71. The summed E-state index contributed by atoms with van der Waals surface area (Å²) in [6, 6.07) is 0. The molecule has 0 aromatic heterocycles. The molecule has 0 saturated carbocycles. The van der Waals surface area contributed by atoms with Gasteiger partial charge in [-0.15, -0.1) is 0 Å². The molecule has 0 radical (unpaired) electrons. The van der Waals surface area contributed by atoms with Gasteiger partial charge in [-0.3, -0.25) is 14.4 Å². The molecule has 6 heteroatoms. The lowest BCUT2D eigenvalue weighted by Crippen LogP contribution is -2.30. The van der Waals surface area contributed by atoms with Crippen molar-refractivity contribution in [2.45, 2.75) is 264 Å². The van der Waals surface area contributed by atoms with Gasteiger partial charge in [0.15, 0.2) is 6.10 Å². The number of hydrogen-bond acceptors (Lipinski definition) is 6. The Kier molecular flexibility index (Phi) is 61.9. The Morgan fingerprint density at radius 2 is 0.487 bits per heavy atom. The summed E-state index contributed by atoms with van der Waals surface area (Å²) in [5, 5.41) is 0. The molecule has 1 atom stereocenters. The van der Waals surface area contributed by atoms with Crippen LogP contribution in [0.25, 0.3) is 0 Å². The zero-order valence-corrected chi connectivity index (χ0v) is 51.3. The van der Waals surface area contributed by atoms with Crippen LogP contribution in [0.4, 0.5) is 0 Å². The van der Waals surface area contributed by atoms with Crippen molar-refractivity contribution >= 4 is 17.9 Å². The molecular formula is C74H116O6. The zero-order valence-electron chi connectivity index (χ0n) is 51.3. The normalized spacial score (nSPS) is 13.3. The zero-order chi connectivity index (χ0) is 57.8. The van der Waals surface area contributed by atoms with Crippen LogP contribution < -0.4 is 0 Å². The van der Waals surface area contributed by atoms with Crippen LogP contribution in [0.15, 0.2) is 170 Å². The van der Waals surface area contributed by atoms with Crippen molar-refractivity contribution < 1.29 is 28.6 Å². The van der Waals surface area contributed by atoms with Crippen molar-refractivity contribution in [2.75, 3.05) is 13.2 Å². The molecule has 0 N–H and O–H groups in total. The van der Waals surface area contributed by atoms with Crippen LogP contribution >= 0.6 is 0 Å². The third-order valence-electron chi connectivity index (χ3n) is 13.0. The van der Waals surface area contributed by atoms with E-state index in [-0.39, 0.29) is 31.1 Å². The fourth-order valence-electron chi connectivity index (χ4n) is 8.23. The van der Waals surface area contributed by atoms with Gasteiger partial charge in [0.05, 0.1) is 0 Å².